The van der Waals surface area contributed by atoms with Crippen LogP contribution in [0.1, 0.15) is 106 Å². The van der Waals surface area contributed by atoms with Gasteiger partial charge in [0.1, 0.15) is 0 Å². The summed E-state index contributed by atoms with van der Waals surface area (Å²) in [7, 11) is 0. The quantitative estimate of drug-likeness (QED) is 0.401. The van der Waals surface area contributed by atoms with E-state index in [1.165, 1.54) is 44.9 Å². The molecule has 0 aromatic heterocycles. The lowest BCUT2D eigenvalue weighted by Gasteiger charge is -2.47. The van der Waals surface area contributed by atoms with Crippen LogP contribution in [0.5, 0.6) is 0 Å². The smallest absolute Gasteiger partial charge is 0.0323 e. The summed E-state index contributed by atoms with van der Waals surface area (Å²) in [6.07, 6.45) is 14.8. The van der Waals surface area contributed by atoms with Crippen molar-refractivity contribution in [3.63, 3.8) is 0 Å². The van der Waals surface area contributed by atoms with Crippen LogP contribution in [0.3, 0.4) is 0 Å². The SMILES string of the molecule is CCCC(C)(C)C1CCC2C(CCCCC(C)C)CCC2[C@@H]1C. The van der Waals surface area contributed by atoms with Crippen molar-refractivity contribution in [3.05, 3.63) is 0 Å². The van der Waals surface area contributed by atoms with Crippen LogP contribution in [0.25, 0.3) is 0 Å². The molecule has 0 heterocycles. The van der Waals surface area contributed by atoms with E-state index in [1.807, 2.05) is 0 Å². The zero-order chi connectivity index (χ0) is 17.0. The van der Waals surface area contributed by atoms with Crippen LogP contribution in [-0.2, 0) is 0 Å². The van der Waals surface area contributed by atoms with Crippen molar-refractivity contribution in [2.24, 2.45) is 40.9 Å². The lowest BCUT2D eigenvalue weighted by atomic mass is 9.58. The Kier molecular flexibility index (Phi) is 7.05. The Morgan fingerprint density at radius 3 is 2.30 bits per heavy atom. The van der Waals surface area contributed by atoms with Gasteiger partial charge in [-0.2, -0.15) is 0 Å². The maximum atomic E-state index is 2.61. The van der Waals surface area contributed by atoms with E-state index in [-0.39, 0.29) is 0 Å². The number of unbranched alkanes of at least 4 members (excludes halogenated alkanes) is 1. The van der Waals surface area contributed by atoms with Crippen LogP contribution in [0.15, 0.2) is 0 Å². The van der Waals surface area contributed by atoms with Crippen LogP contribution in [0.4, 0.5) is 0 Å². The number of rotatable bonds is 8. The molecule has 0 heteroatoms. The average Bonchev–Trinajstić information content (AvgIpc) is 2.87. The number of hydrogen-bond acceptors (Lipinski definition) is 0. The minimum Gasteiger partial charge on any atom is -0.0654 e. The Hall–Kier alpha value is 0. The fourth-order valence-corrected chi connectivity index (χ4v) is 6.47. The van der Waals surface area contributed by atoms with Crippen molar-refractivity contribution >= 4 is 0 Å². The van der Waals surface area contributed by atoms with Crippen molar-refractivity contribution < 1.29 is 0 Å². The van der Waals surface area contributed by atoms with E-state index >= 15 is 0 Å². The summed E-state index contributed by atoms with van der Waals surface area (Å²) in [4.78, 5) is 0. The molecule has 0 aromatic rings. The summed E-state index contributed by atoms with van der Waals surface area (Å²) in [5.41, 5.74) is 0.564. The van der Waals surface area contributed by atoms with Crippen LogP contribution >= 0.6 is 0 Å². The van der Waals surface area contributed by atoms with Crippen molar-refractivity contribution in [2.45, 2.75) is 106 Å². The van der Waals surface area contributed by atoms with Crippen LogP contribution in [0.2, 0.25) is 0 Å². The van der Waals surface area contributed by atoms with E-state index in [9.17, 15) is 0 Å². The predicted molar refractivity (Wildman–Crippen MR) is 104 cm³/mol. The minimum atomic E-state index is 0.564. The highest BCUT2D eigenvalue weighted by Crippen LogP contribution is 2.56. The van der Waals surface area contributed by atoms with Gasteiger partial charge in [-0.15, -0.1) is 0 Å². The third kappa shape index (κ3) is 4.76. The summed E-state index contributed by atoms with van der Waals surface area (Å²) in [6.45, 7) is 14.8. The molecule has 0 saturated heterocycles. The summed E-state index contributed by atoms with van der Waals surface area (Å²) in [6, 6.07) is 0. The predicted octanol–water partition coefficient (Wildman–Crippen LogP) is 7.72. The lowest BCUT2D eigenvalue weighted by molar-refractivity contribution is 0.0218. The van der Waals surface area contributed by atoms with Gasteiger partial charge in [-0.1, -0.05) is 73.6 Å². The van der Waals surface area contributed by atoms with E-state index in [4.69, 9.17) is 0 Å². The Morgan fingerprint density at radius 2 is 1.65 bits per heavy atom. The second kappa shape index (κ2) is 8.39. The first-order chi connectivity index (χ1) is 10.9. The van der Waals surface area contributed by atoms with Crippen molar-refractivity contribution in [1.82, 2.24) is 0 Å². The summed E-state index contributed by atoms with van der Waals surface area (Å²) < 4.78 is 0. The van der Waals surface area contributed by atoms with Gasteiger partial charge in [0.15, 0.2) is 0 Å². The van der Waals surface area contributed by atoms with Gasteiger partial charge in [-0.3, -0.25) is 0 Å². The van der Waals surface area contributed by atoms with Gasteiger partial charge in [0.2, 0.25) is 0 Å². The number of hydrogen-bond donors (Lipinski definition) is 0. The molecule has 2 rings (SSSR count). The first-order valence-electron chi connectivity index (χ1n) is 10.9. The molecule has 0 aromatic carbocycles. The average molecular weight is 321 g/mol. The zero-order valence-corrected chi connectivity index (χ0v) is 17.0. The molecule has 5 atom stereocenters. The second-order valence-corrected chi connectivity index (χ2v) is 10.1. The molecule has 2 aliphatic carbocycles. The summed E-state index contributed by atoms with van der Waals surface area (Å²) >= 11 is 0. The topological polar surface area (TPSA) is 0 Å². The Morgan fingerprint density at radius 1 is 0.957 bits per heavy atom. The van der Waals surface area contributed by atoms with Gasteiger partial charge >= 0.3 is 0 Å². The summed E-state index contributed by atoms with van der Waals surface area (Å²) in [5.74, 6) is 6.05. The molecule has 0 aliphatic heterocycles. The molecule has 2 fully saturated rings. The zero-order valence-electron chi connectivity index (χ0n) is 17.0. The standard InChI is InChI=1S/C23H44/c1-7-16-23(5,6)22-15-14-21-19(11-9-8-10-17(2)3)12-13-20(21)18(22)4/h17-22H,7-16H2,1-6H3/t18-,19?,20?,21?,22?/m0/s1. The molecule has 4 unspecified atom stereocenters. The fraction of sp³-hybridized carbons (Fsp3) is 1.00. The van der Waals surface area contributed by atoms with Gasteiger partial charge in [-0.05, 0) is 73.0 Å². The molecular formula is C23H44. The summed E-state index contributed by atoms with van der Waals surface area (Å²) in [5, 5.41) is 0. The highest BCUT2D eigenvalue weighted by atomic mass is 14.5. The minimum absolute atomic E-state index is 0.564. The third-order valence-corrected chi connectivity index (χ3v) is 7.65. The Labute approximate surface area is 147 Å². The Balaban J connectivity index is 1.86. The van der Waals surface area contributed by atoms with Gasteiger partial charge < -0.3 is 0 Å². The van der Waals surface area contributed by atoms with Crippen LogP contribution in [-0.4, -0.2) is 0 Å². The van der Waals surface area contributed by atoms with Crippen molar-refractivity contribution in [2.75, 3.05) is 0 Å². The molecule has 136 valence electrons. The molecule has 2 aliphatic rings. The first kappa shape index (κ1) is 19.3. The highest BCUT2D eigenvalue weighted by Gasteiger charge is 2.47. The first-order valence-corrected chi connectivity index (χ1v) is 10.9. The normalized spacial score (nSPS) is 34.8. The monoisotopic (exact) mass is 320 g/mol. The van der Waals surface area contributed by atoms with Gasteiger partial charge in [-0.25, -0.2) is 0 Å². The third-order valence-electron chi connectivity index (χ3n) is 7.65. The highest BCUT2D eigenvalue weighted by molar-refractivity contribution is 4.96. The lowest BCUT2D eigenvalue weighted by Crippen LogP contribution is -2.39. The molecule has 0 N–H and O–H groups in total. The molecule has 2 saturated carbocycles. The van der Waals surface area contributed by atoms with Crippen LogP contribution < -0.4 is 0 Å². The van der Waals surface area contributed by atoms with Gasteiger partial charge in [0, 0.05) is 0 Å². The Bertz CT molecular complexity index is 340. The van der Waals surface area contributed by atoms with E-state index in [2.05, 4.69) is 41.5 Å². The second-order valence-electron chi connectivity index (χ2n) is 10.1. The number of fused-ring (bicyclic) bond motifs is 1. The molecular weight excluding hydrogens is 276 g/mol. The fourth-order valence-electron chi connectivity index (χ4n) is 6.47. The largest absolute Gasteiger partial charge is 0.0654 e. The van der Waals surface area contributed by atoms with E-state index in [0.29, 0.717) is 5.41 Å². The van der Waals surface area contributed by atoms with Crippen molar-refractivity contribution in [3.8, 4) is 0 Å². The van der Waals surface area contributed by atoms with E-state index in [0.717, 1.165) is 35.5 Å². The van der Waals surface area contributed by atoms with E-state index in [1.54, 1.807) is 19.3 Å². The molecule has 23 heavy (non-hydrogen) atoms. The van der Waals surface area contributed by atoms with Crippen LogP contribution in [0, 0.1) is 40.9 Å². The molecule has 0 nitrogen and oxygen atoms in total. The van der Waals surface area contributed by atoms with Crippen molar-refractivity contribution in [1.29, 1.82) is 0 Å². The maximum absolute atomic E-state index is 2.61. The molecule has 0 radical (unpaired) electrons. The maximum Gasteiger partial charge on any atom is -0.0323 e. The molecule has 0 amide bonds. The molecule has 0 bridgehead atoms. The van der Waals surface area contributed by atoms with Gasteiger partial charge in [0.25, 0.3) is 0 Å². The molecule has 0 spiro atoms. The van der Waals surface area contributed by atoms with E-state index < -0.39 is 0 Å². The van der Waals surface area contributed by atoms with Gasteiger partial charge in [0.05, 0.1) is 0 Å².